The molecule has 0 radical (unpaired) electrons. The summed E-state index contributed by atoms with van der Waals surface area (Å²) in [6.07, 6.45) is -4.39. The molecule has 0 unspecified atom stereocenters. The van der Waals surface area contributed by atoms with E-state index in [9.17, 15) is 18.0 Å². The molecule has 0 saturated heterocycles. The fourth-order valence-electron chi connectivity index (χ4n) is 1.87. The highest BCUT2D eigenvalue weighted by atomic mass is 19.4. The summed E-state index contributed by atoms with van der Waals surface area (Å²) in [7, 11) is 3.71. The number of anilines is 2. The van der Waals surface area contributed by atoms with Crippen molar-refractivity contribution >= 4 is 17.3 Å². The Hall–Kier alpha value is -2.50. The Morgan fingerprint density at radius 2 is 1.68 bits per heavy atom. The van der Waals surface area contributed by atoms with Crippen molar-refractivity contribution in [2.24, 2.45) is 0 Å². The van der Waals surface area contributed by atoms with Crippen molar-refractivity contribution in [3.63, 3.8) is 0 Å². The van der Waals surface area contributed by atoms with E-state index < -0.39 is 11.7 Å². The first-order valence-corrected chi connectivity index (χ1v) is 6.53. The Morgan fingerprint density at radius 3 is 2.23 bits per heavy atom. The molecule has 0 saturated carbocycles. The van der Waals surface area contributed by atoms with Crippen LogP contribution < -0.4 is 10.2 Å². The van der Waals surface area contributed by atoms with Crippen LogP contribution in [0.1, 0.15) is 15.9 Å². The van der Waals surface area contributed by atoms with Gasteiger partial charge in [-0.05, 0) is 42.5 Å². The van der Waals surface area contributed by atoms with Crippen molar-refractivity contribution < 1.29 is 18.0 Å². The van der Waals surface area contributed by atoms with Gasteiger partial charge in [0, 0.05) is 31.0 Å². The smallest absolute Gasteiger partial charge is 0.378 e. The van der Waals surface area contributed by atoms with Crippen LogP contribution in [0.15, 0.2) is 48.5 Å². The van der Waals surface area contributed by atoms with E-state index in [4.69, 9.17) is 0 Å². The van der Waals surface area contributed by atoms with E-state index in [0.717, 1.165) is 17.8 Å². The molecule has 0 heterocycles. The summed E-state index contributed by atoms with van der Waals surface area (Å²) in [5, 5.41) is 2.58. The minimum absolute atomic E-state index is 0.313. The molecule has 0 aromatic heterocycles. The van der Waals surface area contributed by atoms with Crippen LogP contribution in [0.2, 0.25) is 0 Å². The number of amides is 1. The second kappa shape index (κ2) is 6.09. The molecule has 0 atom stereocenters. The van der Waals surface area contributed by atoms with E-state index in [2.05, 4.69) is 5.32 Å². The summed E-state index contributed by atoms with van der Waals surface area (Å²) < 4.78 is 37.4. The molecule has 0 aliphatic rings. The van der Waals surface area contributed by atoms with Crippen LogP contribution in [0.25, 0.3) is 0 Å². The van der Waals surface area contributed by atoms with Gasteiger partial charge in [0.1, 0.15) is 0 Å². The maximum Gasteiger partial charge on any atom is 0.416 e. The number of alkyl halides is 3. The monoisotopic (exact) mass is 308 g/mol. The van der Waals surface area contributed by atoms with E-state index >= 15 is 0 Å². The topological polar surface area (TPSA) is 32.3 Å². The van der Waals surface area contributed by atoms with Gasteiger partial charge >= 0.3 is 6.18 Å². The predicted octanol–water partition coefficient (Wildman–Crippen LogP) is 4.02. The summed E-state index contributed by atoms with van der Waals surface area (Å²) in [5.41, 5.74) is 0.861. The first-order valence-electron chi connectivity index (χ1n) is 6.53. The second-order valence-electron chi connectivity index (χ2n) is 4.97. The molecule has 22 heavy (non-hydrogen) atoms. The molecule has 2 aromatic rings. The van der Waals surface area contributed by atoms with Gasteiger partial charge < -0.3 is 10.2 Å². The van der Waals surface area contributed by atoms with Crippen molar-refractivity contribution in [1.82, 2.24) is 0 Å². The molecule has 0 bridgehead atoms. The van der Waals surface area contributed by atoms with Crippen LogP contribution in [0.4, 0.5) is 24.5 Å². The van der Waals surface area contributed by atoms with Gasteiger partial charge in [-0.2, -0.15) is 13.2 Å². The molecule has 2 rings (SSSR count). The van der Waals surface area contributed by atoms with Gasteiger partial charge in [-0.15, -0.1) is 0 Å². The summed E-state index contributed by atoms with van der Waals surface area (Å²) in [4.78, 5) is 14.0. The minimum Gasteiger partial charge on any atom is -0.378 e. The number of rotatable bonds is 3. The number of hydrogen-bond donors (Lipinski definition) is 1. The average molecular weight is 308 g/mol. The van der Waals surface area contributed by atoms with E-state index in [0.29, 0.717) is 11.3 Å². The normalized spacial score (nSPS) is 11.1. The Labute approximate surface area is 126 Å². The molecule has 0 aliphatic carbocycles. The van der Waals surface area contributed by atoms with E-state index in [-0.39, 0.29) is 5.91 Å². The van der Waals surface area contributed by atoms with Gasteiger partial charge in [0.05, 0.1) is 5.56 Å². The molecule has 1 amide bonds. The third kappa shape index (κ3) is 3.78. The van der Waals surface area contributed by atoms with Gasteiger partial charge in [0.15, 0.2) is 0 Å². The highest BCUT2D eigenvalue weighted by molar-refractivity contribution is 6.04. The first-order chi connectivity index (χ1) is 10.3. The van der Waals surface area contributed by atoms with Crippen LogP contribution in [-0.2, 0) is 6.18 Å². The number of benzene rings is 2. The molecule has 6 heteroatoms. The third-order valence-corrected chi connectivity index (χ3v) is 3.09. The van der Waals surface area contributed by atoms with Crippen molar-refractivity contribution in [1.29, 1.82) is 0 Å². The molecule has 0 spiro atoms. The van der Waals surface area contributed by atoms with Gasteiger partial charge in [-0.25, -0.2) is 0 Å². The van der Waals surface area contributed by atoms with Gasteiger partial charge in [-0.1, -0.05) is 6.07 Å². The Kier molecular flexibility index (Phi) is 4.40. The summed E-state index contributed by atoms with van der Waals surface area (Å²) in [5.74, 6) is -0.372. The van der Waals surface area contributed by atoms with Gasteiger partial charge in [-0.3, -0.25) is 4.79 Å². The van der Waals surface area contributed by atoms with Crippen LogP contribution in [0.5, 0.6) is 0 Å². The molecule has 116 valence electrons. The highest BCUT2D eigenvalue weighted by Gasteiger charge is 2.29. The summed E-state index contributed by atoms with van der Waals surface area (Å²) in [6, 6.07) is 11.3. The first kappa shape index (κ1) is 15.9. The number of nitrogens with one attached hydrogen (secondary N) is 1. The Balaban J connectivity index is 2.13. The van der Waals surface area contributed by atoms with Crippen molar-refractivity contribution in [2.75, 3.05) is 24.3 Å². The Morgan fingerprint density at radius 1 is 1.05 bits per heavy atom. The second-order valence-corrected chi connectivity index (χ2v) is 4.97. The number of hydrogen-bond acceptors (Lipinski definition) is 2. The standard InChI is InChI=1S/C16H15F3N2O/c1-21(2)14-5-3-4-11(10-14)15(22)20-13-8-6-12(7-9-13)16(17,18)19/h3-10H,1-2H3,(H,20,22). The van der Waals surface area contributed by atoms with Crippen molar-refractivity contribution in [2.45, 2.75) is 6.18 Å². The van der Waals surface area contributed by atoms with Crippen LogP contribution in [0.3, 0.4) is 0 Å². The van der Waals surface area contributed by atoms with Crippen LogP contribution in [-0.4, -0.2) is 20.0 Å². The highest BCUT2D eigenvalue weighted by Crippen LogP contribution is 2.29. The van der Waals surface area contributed by atoms with Gasteiger partial charge in [0.2, 0.25) is 0 Å². The number of carbonyl (C=O) groups is 1. The lowest BCUT2D eigenvalue weighted by Crippen LogP contribution is -2.14. The summed E-state index contributed by atoms with van der Waals surface area (Å²) >= 11 is 0. The maximum absolute atomic E-state index is 12.5. The molecule has 3 nitrogen and oxygen atoms in total. The molecule has 2 aromatic carbocycles. The predicted molar refractivity (Wildman–Crippen MR) is 80.2 cm³/mol. The van der Waals surface area contributed by atoms with E-state index in [1.807, 2.05) is 25.1 Å². The SMILES string of the molecule is CN(C)c1cccc(C(=O)Nc2ccc(C(F)(F)F)cc2)c1. The van der Waals surface area contributed by atoms with Crippen LogP contribution in [0, 0.1) is 0 Å². The fraction of sp³-hybridized carbons (Fsp3) is 0.188. The zero-order valence-electron chi connectivity index (χ0n) is 12.1. The lowest BCUT2D eigenvalue weighted by atomic mass is 10.1. The molecule has 1 N–H and O–H groups in total. The average Bonchev–Trinajstić information content (AvgIpc) is 2.47. The zero-order valence-corrected chi connectivity index (χ0v) is 12.1. The van der Waals surface area contributed by atoms with Crippen molar-refractivity contribution in [3.05, 3.63) is 59.7 Å². The van der Waals surface area contributed by atoms with Crippen molar-refractivity contribution in [3.8, 4) is 0 Å². The lowest BCUT2D eigenvalue weighted by molar-refractivity contribution is -0.137. The molecular formula is C16H15F3N2O. The minimum atomic E-state index is -4.39. The largest absolute Gasteiger partial charge is 0.416 e. The number of carbonyl (C=O) groups excluding carboxylic acids is 1. The molecule has 0 fully saturated rings. The summed E-state index contributed by atoms with van der Waals surface area (Å²) in [6.45, 7) is 0. The zero-order chi connectivity index (χ0) is 16.3. The number of halogens is 3. The Bertz CT molecular complexity index is 664. The van der Waals surface area contributed by atoms with Gasteiger partial charge in [0.25, 0.3) is 5.91 Å². The van der Waals surface area contributed by atoms with E-state index in [1.54, 1.807) is 18.2 Å². The quantitative estimate of drug-likeness (QED) is 0.928. The lowest BCUT2D eigenvalue weighted by Gasteiger charge is -2.13. The fourth-order valence-corrected chi connectivity index (χ4v) is 1.87. The maximum atomic E-state index is 12.5. The molecular weight excluding hydrogens is 293 g/mol. The molecule has 0 aliphatic heterocycles. The number of nitrogens with zero attached hydrogens (tertiary/aromatic N) is 1. The van der Waals surface area contributed by atoms with Crippen LogP contribution >= 0.6 is 0 Å². The van der Waals surface area contributed by atoms with E-state index in [1.165, 1.54) is 12.1 Å². The third-order valence-electron chi connectivity index (χ3n) is 3.09.